The van der Waals surface area contributed by atoms with Crippen LogP contribution in [0.5, 0.6) is 0 Å². The van der Waals surface area contributed by atoms with Crippen molar-refractivity contribution in [2.45, 2.75) is 44.3 Å². The first-order valence-corrected chi connectivity index (χ1v) is 3.92. The van der Waals surface area contributed by atoms with E-state index in [1.54, 1.807) is 7.11 Å². The number of rotatable bonds is 1. The van der Waals surface area contributed by atoms with Crippen LogP contribution in [0.3, 0.4) is 0 Å². The summed E-state index contributed by atoms with van der Waals surface area (Å²) in [7, 11) is 1.67. The summed E-state index contributed by atoms with van der Waals surface area (Å²) in [5.74, 6) is 0. The van der Waals surface area contributed by atoms with Crippen molar-refractivity contribution >= 4 is 0 Å². The Morgan fingerprint density at radius 2 is 2.20 bits per heavy atom. The SMILES string of the molecule is COC1CCCCC1(C)O. The number of hydrogen-bond donors (Lipinski definition) is 1. The van der Waals surface area contributed by atoms with Gasteiger partial charge in [-0.05, 0) is 19.8 Å². The summed E-state index contributed by atoms with van der Waals surface area (Å²) in [5.41, 5.74) is -0.576. The lowest BCUT2D eigenvalue weighted by Crippen LogP contribution is -2.42. The third-order valence-electron chi connectivity index (χ3n) is 2.38. The maximum atomic E-state index is 9.71. The maximum Gasteiger partial charge on any atom is 0.0880 e. The molecule has 60 valence electrons. The van der Waals surface area contributed by atoms with Crippen LogP contribution in [0.4, 0.5) is 0 Å². The van der Waals surface area contributed by atoms with Gasteiger partial charge >= 0.3 is 0 Å². The lowest BCUT2D eigenvalue weighted by atomic mass is 9.84. The summed E-state index contributed by atoms with van der Waals surface area (Å²) in [6.07, 6.45) is 4.26. The average molecular weight is 144 g/mol. The molecule has 1 saturated carbocycles. The average Bonchev–Trinajstić information content (AvgIpc) is 1.87. The zero-order valence-electron chi connectivity index (χ0n) is 6.76. The minimum absolute atomic E-state index is 0.0567. The number of aliphatic hydroxyl groups is 1. The summed E-state index contributed by atoms with van der Waals surface area (Å²) in [6, 6.07) is 0. The summed E-state index contributed by atoms with van der Waals surface area (Å²) < 4.78 is 5.16. The molecule has 0 aromatic rings. The molecule has 2 heteroatoms. The van der Waals surface area contributed by atoms with Crippen LogP contribution < -0.4 is 0 Å². The Labute approximate surface area is 62.2 Å². The van der Waals surface area contributed by atoms with Crippen molar-refractivity contribution < 1.29 is 9.84 Å². The molecule has 1 fully saturated rings. The Kier molecular flexibility index (Phi) is 2.32. The van der Waals surface area contributed by atoms with Gasteiger partial charge in [-0.25, -0.2) is 0 Å². The molecule has 0 heterocycles. The molecule has 1 aliphatic rings. The standard InChI is InChI=1S/C8H16O2/c1-8(9)6-4-3-5-7(8)10-2/h7,9H,3-6H2,1-2H3. The second-order valence-electron chi connectivity index (χ2n) is 3.33. The van der Waals surface area contributed by atoms with E-state index in [1.165, 1.54) is 6.42 Å². The first-order valence-electron chi connectivity index (χ1n) is 3.92. The van der Waals surface area contributed by atoms with Crippen LogP contribution in [0.15, 0.2) is 0 Å². The minimum Gasteiger partial charge on any atom is -0.387 e. The highest BCUT2D eigenvalue weighted by atomic mass is 16.5. The van der Waals surface area contributed by atoms with Crippen LogP contribution in [0.2, 0.25) is 0 Å². The van der Waals surface area contributed by atoms with Crippen LogP contribution >= 0.6 is 0 Å². The van der Waals surface area contributed by atoms with Gasteiger partial charge in [-0.15, -0.1) is 0 Å². The second kappa shape index (κ2) is 2.89. The number of ether oxygens (including phenoxy) is 1. The number of hydrogen-bond acceptors (Lipinski definition) is 2. The number of methoxy groups -OCH3 is 1. The normalized spacial score (nSPS) is 41.7. The molecule has 2 atom stereocenters. The molecule has 1 N–H and O–H groups in total. The van der Waals surface area contributed by atoms with Crippen LogP contribution in [-0.2, 0) is 4.74 Å². The van der Waals surface area contributed by atoms with E-state index in [-0.39, 0.29) is 6.10 Å². The van der Waals surface area contributed by atoms with Crippen LogP contribution in [0.25, 0.3) is 0 Å². The first kappa shape index (κ1) is 8.02. The van der Waals surface area contributed by atoms with Crippen LogP contribution in [-0.4, -0.2) is 23.9 Å². The molecular weight excluding hydrogens is 128 g/mol. The highest BCUT2D eigenvalue weighted by molar-refractivity contribution is 4.86. The highest BCUT2D eigenvalue weighted by Crippen LogP contribution is 2.29. The van der Waals surface area contributed by atoms with E-state index in [4.69, 9.17) is 4.74 Å². The summed E-state index contributed by atoms with van der Waals surface area (Å²) in [6.45, 7) is 1.86. The maximum absolute atomic E-state index is 9.71. The molecule has 0 aliphatic heterocycles. The fourth-order valence-electron chi connectivity index (χ4n) is 1.66. The lowest BCUT2D eigenvalue weighted by molar-refractivity contribution is -0.104. The van der Waals surface area contributed by atoms with Gasteiger partial charge in [-0.2, -0.15) is 0 Å². The Bertz CT molecular complexity index is 110. The van der Waals surface area contributed by atoms with E-state index in [0.29, 0.717) is 0 Å². The zero-order chi connectivity index (χ0) is 7.61. The molecule has 1 rings (SSSR count). The Morgan fingerprint density at radius 3 is 2.60 bits per heavy atom. The van der Waals surface area contributed by atoms with E-state index >= 15 is 0 Å². The summed E-state index contributed by atoms with van der Waals surface area (Å²) >= 11 is 0. The van der Waals surface area contributed by atoms with Gasteiger partial charge in [0.1, 0.15) is 0 Å². The van der Waals surface area contributed by atoms with Crippen molar-refractivity contribution in [1.29, 1.82) is 0 Å². The van der Waals surface area contributed by atoms with Gasteiger partial charge in [0.05, 0.1) is 11.7 Å². The minimum atomic E-state index is -0.576. The Hall–Kier alpha value is -0.0800. The molecular formula is C8H16O2. The van der Waals surface area contributed by atoms with Gasteiger partial charge in [0, 0.05) is 7.11 Å². The van der Waals surface area contributed by atoms with Crippen molar-refractivity contribution in [2.24, 2.45) is 0 Å². The van der Waals surface area contributed by atoms with Crippen molar-refractivity contribution in [1.82, 2.24) is 0 Å². The van der Waals surface area contributed by atoms with Crippen LogP contribution in [0.1, 0.15) is 32.6 Å². The molecule has 10 heavy (non-hydrogen) atoms. The Balaban J connectivity index is 2.51. The monoisotopic (exact) mass is 144 g/mol. The van der Waals surface area contributed by atoms with Crippen LogP contribution in [0, 0.1) is 0 Å². The predicted molar refractivity (Wildman–Crippen MR) is 39.9 cm³/mol. The third-order valence-corrected chi connectivity index (χ3v) is 2.38. The van der Waals surface area contributed by atoms with E-state index in [0.717, 1.165) is 19.3 Å². The summed E-state index contributed by atoms with van der Waals surface area (Å²) in [5, 5.41) is 9.71. The predicted octanol–water partition coefficient (Wildman–Crippen LogP) is 1.33. The van der Waals surface area contributed by atoms with Gasteiger partial charge in [0.15, 0.2) is 0 Å². The molecule has 0 aromatic heterocycles. The van der Waals surface area contributed by atoms with Crippen molar-refractivity contribution in [3.63, 3.8) is 0 Å². The van der Waals surface area contributed by atoms with E-state index in [1.807, 2.05) is 6.92 Å². The molecule has 2 nitrogen and oxygen atoms in total. The molecule has 0 bridgehead atoms. The summed E-state index contributed by atoms with van der Waals surface area (Å²) in [4.78, 5) is 0. The first-order chi connectivity index (χ1) is 4.67. The quantitative estimate of drug-likeness (QED) is 0.601. The topological polar surface area (TPSA) is 29.5 Å². The molecule has 0 radical (unpaired) electrons. The van der Waals surface area contributed by atoms with E-state index < -0.39 is 5.60 Å². The second-order valence-corrected chi connectivity index (χ2v) is 3.33. The zero-order valence-corrected chi connectivity index (χ0v) is 6.76. The highest BCUT2D eigenvalue weighted by Gasteiger charge is 2.34. The smallest absolute Gasteiger partial charge is 0.0880 e. The van der Waals surface area contributed by atoms with Gasteiger partial charge in [-0.1, -0.05) is 12.8 Å². The van der Waals surface area contributed by atoms with Gasteiger partial charge in [-0.3, -0.25) is 0 Å². The Morgan fingerprint density at radius 1 is 1.50 bits per heavy atom. The molecule has 1 aliphatic carbocycles. The van der Waals surface area contributed by atoms with Crippen molar-refractivity contribution in [3.05, 3.63) is 0 Å². The fourth-order valence-corrected chi connectivity index (χ4v) is 1.66. The third kappa shape index (κ3) is 1.50. The van der Waals surface area contributed by atoms with E-state index in [9.17, 15) is 5.11 Å². The molecule has 0 amide bonds. The van der Waals surface area contributed by atoms with Crippen molar-refractivity contribution in [3.8, 4) is 0 Å². The largest absolute Gasteiger partial charge is 0.387 e. The molecule has 2 unspecified atom stereocenters. The molecule has 0 saturated heterocycles. The van der Waals surface area contributed by atoms with Gasteiger partial charge in [0.2, 0.25) is 0 Å². The molecule has 0 aromatic carbocycles. The molecule has 0 spiro atoms. The van der Waals surface area contributed by atoms with Crippen molar-refractivity contribution in [2.75, 3.05) is 7.11 Å². The van der Waals surface area contributed by atoms with E-state index in [2.05, 4.69) is 0 Å². The fraction of sp³-hybridized carbons (Fsp3) is 1.00. The lowest BCUT2D eigenvalue weighted by Gasteiger charge is -2.35. The van der Waals surface area contributed by atoms with Gasteiger partial charge in [0.25, 0.3) is 0 Å². The van der Waals surface area contributed by atoms with Gasteiger partial charge < -0.3 is 9.84 Å².